The number of likely N-dealkylation sites (tertiary alicyclic amines) is 1. The zero-order valence-corrected chi connectivity index (χ0v) is 16.5. The fourth-order valence-electron chi connectivity index (χ4n) is 3.70. The van der Waals surface area contributed by atoms with Gasteiger partial charge in [-0.3, -0.25) is 9.59 Å². The van der Waals surface area contributed by atoms with Crippen molar-refractivity contribution in [3.05, 3.63) is 59.7 Å². The zero-order chi connectivity index (χ0) is 20.2. The highest BCUT2D eigenvalue weighted by atomic mass is 16.2. The number of carbonyl (C=O) groups is 2. The molecule has 2 amide bonds. The van der Waals surface area contributed by atoms with E-state index in [2.05, 4.69) is 15.6 Å². The van der Waals surface area contributed by atoms with E-state index in [1.54, 1.807) is 19.1 Å². The maximum atomic E-state index is 12.5. The largest absolute Gasteiger partial charge is 0.341 e. The van der Waals surface area contributed by atoms with Crippen LogP contribution in [-0.4, -0.2) is 50.8 Å². The first-order chi connectivity index (χ1) is 14.1. The molecule has 150 valence electrons. The molecular formula is C22H25N5O2. The van der Waals surface area contributed by atoms with E-state index in [-0.39, 0.29) is 11.8 Å². The van der Waals surface area contributed by atoms with Crippen LogP contribution < -0.4 is 5.32 Å². The van der Waals surface area contributed by atoms with Crippen molar-refractivity contribution >= 4 is 22.8 Å². The van der Waals surface area contributed by atoms with Crippen molar-refractivity contribution in [3.63, 3.8) is 0 Å². The third kappa shape index (κ3) is 4.29. The van der Waals surface area contributed by atoms with Crippen molar-refractivity contribution < 1.29 is 9.59 Å². The first-order valence-corrected chi connectivity index (χ1v) is 10.1. The molecule has 4 rings (SSSR count). The van der Waals surface area contributed by atoms with Crippen LogP contribution in [0.2, 0.25) is 0 Å². The van der Waals surface area contributed by atoms with Crippen LogP contribution >= 0.6 is 0 Å². The third-order valence-corrected chi connectivity index (χ3v) is 5.35. The summed E-state index contributed by atoms with van der Waals surface area (Å²) in [4.78, 5) is 26.9. The Labute approximate surface area is 169 Å². The molecule has 7 nitrogen and oxygen atoms in total. The summed E-state index contributed by atoms with van der Waals surface area (Å²) in [5.41, 5.74) is 3.39. The Morgan fingerprint density at radius 3 is 2.52 bits per heavy atom. The van der Waals surface area contributed by atoms with Gasteiger partial charge in [0.1, 0.15) is 11.6 Å². The lowest BCUT2D eigenvalue weighted by Crippen LogP contribution is -2.48. The standard InChI is InChI=1S/C22H25N5O2/c1-16(22(29)26-13-5-2-6-14-26)23-21(28)18-11-9-17(10-12-18)15-27-20-8-4-3-7-19(20)24-25-27/h3-4,7-12,16H,2,5-6,13-15H2,1H3,(H,23,28)/t16-/m1/s1. The smallest absolute Gasteiger partial charge is 0.251 e. The number of benzene rings is 2. The SMILES string of the molecule is C[C@@H](NC(=O)c1ccc(Cn2nnc3ccccc32)cc1)C(=O)N1CCCCC1. The van der Waals surface area contributed by atoms with E-state index in [1.165, 1.54) is 6.42 Å². The number of nitrogens with zero attached hydrogens (tertiary/aromatic N) is 4. The second-order valence-electron chi connectivity index (χ2n) is 7.51. The number of piperidine rings is 1. The van der Waals surface area contributed by atoms with Gasteiger partial charge in [0.25, 0.3) is 5.91 Å². The van der Waals surface area contributed by atoms with Gasteiger partial charge in [0, 0.05) is 18.7 Å². The van der Waals surface area contributed by atoms with E-state index in [0.29, 0.717) is 12.1 Å². The highest BCUT2D eigenvalue weighted by Crippen LogP contribution is 2.14. The van der Waals surface area contributed by atoms with Crippen LogP contribution in [0.5, 0.6) is 0 Å². The van der Waals surface area contributed by atoms with Crippen LogP contribution in [0.25, 0.3) is 11.0 Å². The molecule has 0 spiro atoms. The molecule has 3 aromatic rings. The van der Waals surface area contributed by atoms with Crippen LogP contribution in [0.3, 0.4) is 0 Å². The number of hydrogen-bond donors (Lipinski definition) is 1. The number of hydrogen-bond acceptors (Lipinski definition) is 4. The second kappa shape index (κ2) is 8.43. The minimum absolute atomic E-state index is 0.00673. The minimum Gasteiger partial charge on any atom is -0.341 e. The first-order valence-electron chi connectivity index (χ1n) is 10.1. The van der Waals surface area contributed by atoms with Gasteiger partial charge in [0.05, 0.1) is 12.1 Å². The fraction of sp³-hybridized carbons (Fsp3) is 0.364. The molecule has 0 saturated carbocycles. The Morgan fingerprint density at radius 2 is 1.76 bits per heavy atom. The highest BCUT2D eigenvalue weighted by molar-refractivity contribution is 5.97. The van der Waals surface area contributed by atoms with E-state index in [9.17, 15) is 9.59 Å². The van der Waals surface area contributed by atoms with Gasteiger partial charge in [-0.25, -0.2) is 4.68 Å². The monoisotopic (exact) mass is 391 g/mol. The molecule has 1 aliphatic heterocycles. The molecule has 1 aliphatic rings. The molecule has 29 heavy (non-hydrogen) atoms. The Bertz CT molecular complexity index is 1010. The topological polar surface area (TPSA) is 80.1 Å². The van der Waals surface area contributed by atoms with Gasteiger partial charge in [-0.05, 0) is 56.0 Å². The van der Waals surface area contributed by atoms with E-state index in [1.807, 2.05) is 46.0 Å². The van der Waals surface area contributed by atoms with Crippen molar-refractivity contribution in [1.29, 1.82) is 0 Å². The second-order valence-corrected chi connectivity index (χ2v) is 7.51. The summed E-state index contributed by atoms with van der Waals surface area (Å²) in [6, 6.07) is 14.7. The summed E-state index contributed by atoms with van der Waals surface area (Å²) in [6.45, 7) is 3.89. The minimum atomic E-state index is -0.526. The van der Waals surface area contributed by atoms with Gasteiger partial charge >= 0.3 is 0 Å². The molecule has 7 heteroatoms. The molecule has 2 heterocycles. The van der Waals surface area contributed by atoms with Crippen LogP contribution in [-0.2, 0) is 11.3 Å². The van der Waals surface area contributed by atoms with Crippen molar-refractivity contribution in [2.45, 2.75) is 38.8 Å². The molecule has 1 aromatic heterocycles. The number of aromatic nitrogens is 3. The number of para-hydroxylation sites is 1. The van der Waals surface area contributed by atoms with Gasteiger partial charge < -0.3 is 10.2 Å². The van der Waals surface area contributed by atoms with Gasteiger partial charge in [-0.2, -0.15) is 0 Å². The highest BCUT2D eigenvalue weighted by Gasteiger charge is 2.23. The van der Waals surface area contributed by atoms with E-state index in [4.69, 9.17) is 0 Å². The molecule has 0 bridgehead atoms. The predicted molar refractivity (Wildman–Crippen MR) is 110 cm³/mol. The van der Waals surface area contributed by atoms with Crippen molar-refractivity contribution in [3.8, 4) is 0 Å². The molecular weight excluding hydrogens is 366 g/mol. The predicted octanol–water partition coefficient (Wildman–Crippen LogP) is 2.61. The zero-order valence-electron chi connectivity index (χ0n) is 16.5. The first kappa shape index (κ1) is 19.1. The Balaban J connectivity index is 1.38. The number of nitrogens with one attached hydrogen (secondary N) is 1. The molecule has 1 atom stereocenters. The Kier molecular flexibility index (Phi) is 5.55. The number of carbonyl (C=O) groups excluding carboxylic acids is 2. The van der Waals surface area contributed by atoms with Crippen LogP contribution in [0.15, 0.2) is 48.5 Å². The lowest BCUT2D eigenvalue weighted by Gasteiger charge is -2.29. The molecule has 1 N–H and O–H groups in total. The molecule has 1 fully saturated rings. The van der Waals surface area contributed by atoms with E-state index < -0.39 is 6.04 Å². The quantitative estimate of drug-likeness (QED) is 0.725. The lowest BCUT2D eigenvalue weighted by atomic mass is 10.1. The van der Waals surface area contributed by atoms with Gasteiger partial charge in [-0.1, -0.05) is 29.5 Å². The average molecular weight is 391 g/mol. The normalized spacial score (nSPS) is 15.3. The van der Waals surface area contributed by atoms with Crippen LogP contribution in [0.4, 0.5) is 0 Å². The summed E-state index contributed by atoms with van der Waals surface area (Å²) in [7, 11) is 0. The van der Waals surface area contributed by atoms with Crippen molar-refractivity contribution in [1.82, 2.24) is 25.2 Å². The van der Waals surface area contributed by atoms with Gasteiger partial charge in [-0.15, -0.1) is 5.10 Å². The summed E-state index contributed by atoms with van der Waals surface area (Å²) in [6.07, 6.45) is 3.24. The van der Waals surface area contributed by atoms with Crippen molar-refractivity contribution in [2.75, 3.05) is 13.1 Å². The number of rotatable bonds is 5. The lowest BCUT2D eigenvalue weighted by molar-refractivity contribution is -0.133. The molecule has 0 unspecified atom stereocenters. The van der Waals surface area contributed by atoms with Crippen LogP contribution in [0.1, 0.15) is 42.1 Å². The van der Waals surface area contributed by atoms with Gasteiger partial charge in [0.2, 0.25) is 5.91 Å². The average Bonchev–Trinajstić information content (AvgIpc) is 3.17. The molecule has 0 aliphatic carbocycles. The third-order valence-electron chi connectivity index (χ3n) is 5.35. The summed E-state index contributed by atoms with van der Waals surface area (Å²) in [5, 5.41) is 11.2. The van der Waals surface area contributed by atoms with Crippen LogP contribution in [0, 0.1) is 0 Å². The Hall–Kier alpha value is -3.22. The number of amides is 2. The number of fused-ring (bicyclic) bond motifs is 1. The van der Waals surface area contributed by atoms with E-state index in [0.717, 1.165) is 42.5 Å². The maximum absolute atomic E-state index is 12.5. The maximum Gasteiger partial charge on any atom is 0.251 e. The fourth-order valence-corrected chi connectivity index (χ4v) is 3.70. The molecule has 2 aromatic carbocycles. The molecule has 1 saturated heterocycles. The van der Waals surface area contributed by atoms with Gasteiger partial charge in [0.15, 0.2) is 0 Å². The summed E-state index contributed by atoms with van der Waals surface area (Å²) < 4.78 is 1.84. The summed E-state index contributed by atoms with van der Waals surface area (Å²) in [5.74, 6) is -0.242. The summed E-state index contributed by atoms with van der Waals surface area (Å²) >= 11 is 0. The van der Waals surface area contributed by atoms with Crippen molar-refractivity contribution in [2.24, 2.45) is 0 Å². The molecule has 0 radical (unpaired) electrons. The van der Waals surface area contributed by atoms with E-state index >= 15 is 0 Å². The Morgan fingerprint density at radius 1 is 1.03 bits per heavy atom.